The first kappa shape index (κ1) is 17.7. The van der Waals surface area contributed by atoms with E-state index in [1.165, 1.54) is 0 Å². The van der Waals surface area contributed by atoms with E-state index in [1.54, 1.807) is 42.6 Å². The Morgan fingerprint density at radius 3 is 2.82 bits per heavy atom. The van der Waals surface area contributed by atoms with Crippen molar-refractivity contribution in [3.8, 4) is 17.2 Å². The highest BCUT2D eigenvalue weighted by Crippen LogP contribution is 2.19. The first-order valence-electron chi connectivity index (χ1n) is 8.74. The second-order valence-electron chi connectivity index (χ2n) is 6.20. The van der Waals surface area contributed by atoms with Crippen LogP contribution in [0.4, 0.5) is 0 Å². The summed E-state index contributed by atoms with van der Waals surface area (Å²) in [4.78, 5) is 16.5. The van der Waals surface area contributed by atoms with Gasteiger partial charge in [-0.25, -0.2) is 0 Å². The summed E-state index contributed by atoms with van der Waals surface area (Å²) >= 11 is 0. The van der Waals surface area contributed by atoms with E-state index in [1.807, 2.05) is 24.3 Å². The molecule has 1 N–H and O–H groups in total. The molecule has 0 aliphatic carbocycles. The maximum absolute atomic E-state index is 12.3. The number of nitrogens with one attached hydrogen (secondary N) is 1. The Labute approximate surface area is 160 Å². The van der Waals surface area contributed by atoms with E-state index in [0.717, 1.165) is 5.56 Å². The third kappa shape index (κ3) is 3.68. The Bertz CT molecular complexity index is 1110. The lowest BCUT2D eigenvalue weighted by Crippen LogP contribution is -2.36. The molecule has 4 rings (SSSR count). The zero-order chi connectivity index (χ0) is 19.5. The molecule has 0 aliphatic rings. The third-order valence-electron chi connectivity index (χ3n) is 4.10. The van der Waals surface area contributed by atoms with Gasteiger partial charge in [-0.05, 0) is 38.1 Å². The van der Waals surface area contributed by atoms with Crippen LogP contribution >= 0.6 is 0 Å². The summed E-state index contributed by atoms with van der Waals surface area (Å²) in [5, 5.41) is 14.9. The predicted molar refractivity (Wildman–Crippen MR) is 99.4 cm³/mol. The minimum absolute atomic E-state index is 0.224. The molecule has 142 valence electrons. The molecule has 0 aliphatic heterocycles. The van der Waals surface area contributed by atoms with E-state index >= 15 is 0 Å². The number of carbonyl (C=O) groups is 1. The van der Waals surface area contributed by atoms with Crippen molar-refractivity contribution in [2.24, 2.45) is 0 Å². The molecule has 0 saturated carbocycles. The maximum Gasteiger partial charge on any atom is 0.261 e. The Kier molecular flexibility index (Phi) is 4.71. The average Bonchev–Trinajstić information content (AvgIpc) is 3.32. The number of ether oxygens (including phenoxy) is 1. The number of carbonyl (C=O) groups excluding carboxylic acids is 1. The summed E-state index contributed by atoms with van der Waals surface area (Å²) in [6, 6.07) is 12.8. The fourth-order valence-electron chi connectivity index (χ4n) is 2.67. The van der Waals surface area contributed by atoms with E-state index in [9.17, 15) is 4.79 Å². The molecule has 0 fully saturated rings. The normalized spacial score (nSPS) is 12.1. The molecule has 9 nitrogen and oxygen atoms in total. The van der Waals surface area contributed by atoms with Gasteiger partial charge >= 0.3 is 0 Å². The van der Waals surface area contributed by atoms with Crippen LogP contribution in [0.25, 0.3) is 17.1 Å². The lowest BCUT2D eigenvalue weighted by molar-refractivity contribution is -0.127. The molecule has 9 heteroatoms. The van der Waals surface area contributed by atoms with Gasteiger partial charge in [0, 0.05) is 11.8 Å². The van der Waals surface area contributed by atoms with Gasteiger partial charge in [-0.2, -0.15) is 4.98 Å². The summed E-state index contributed by atoms with van der Waals surface area (Å²) in [6.07, 6.45) is 1.17. The molecule has 28 heavy (non-hydrogen) atoms. The maximum atomic E-state index is 12.3. The fourth-order valence-corrected chi connectivity index (χ4v) is 2.67. The minimum atomic E-state index is -0.631. The van der Waals surface area contributed by atoms with Gasteiger partial charge in [0.15, 0.2) is 23.4 Å². The molecule has 0 spiro atoms. The van der Waals surface area contributed by atoms with Crippen molar-refractivity contribution < 1.29 is 14.1 Å². The van der Waals surface area contributed by atoms with Crippen LogP contribution in [-0.4, -0.2) is 36.7 Å². The molecular formula is C19H18N6O3. The first-order chi connectivity index (χ1) is 13.6. The standard InChI is InChI=1S/C19H18N6O3/c1-12(27-15-6-4-3-5-7-15)18(26)20-11-17-23-22-16-10-14(8-9-25(16)17)19-21-13(2)24-28-19/h3-10,12H,11H2,1-2H3,(H,20,26). The number of fused-ring (bicyclic) bond motifs is 1. The summed E-state index contributed by atoms with van der Waals surface area (Å²) < 4.78 is 12.6. The van der Waals surface area contributed by atoms with Gasteiger partial charge in [-0.15, -0.1) is 10.2 Å². The molecule has 0 bridgehead atoms. The summed E-state index contributed by atoms with van der Waals surface area (Å²) in [5.74, 6) is 1.99. The predicted octanol–water partition coefficient (Wildman–Crippen LogP) is 2.17. The van der Waals surface area contributed by atoms with Crippen molar-refractivity contribution in [1.82, 2.24) is 30.1 Å². The van der Waals surface area contributed by atoms with Crippen molar-refractivity contribution in [3.63, 3.8) is 0 Å². The Morgan fingerprint density at radius 1 is 1.25 bits per heavy atom. The molecular weight excluding hydrogens is 360 g/mol. The number of hydrogen-bond donors (Lipinski definition) is 1. The highest BCUT2D eigenvalue weighted by Gasteiger charge is 2.16. The van der Waals surface area contributed by atoms with Gasteiger partial charge in [0.25, 0.3) is 11.8 Å². The second kappa shape index (κ2) is 7.47. The number of amides is 1. The van der Waals surface area contributed by atoms with Gasteiger partial charge in [0.05, 0.1) is 6.54 Å². The number of aryl methyl sites for hydroxylation is 1. The summed E-state index contributed by atoms with van der Waals surface area (Å²) in [5.41, 5.74) is 1.37. The van der Waals surface area contributed by atoms with Crippen molar-refractivity contribution >= 4 is 11.6 Å². The van der Waals surface area contributed by atoms with Gasteiger partial charge in [-0.3, -0.25) is 9.20 Å². The third-order valence-corrected chi connectivity index (χ3v) is 4.10. The summed E-state index contributed by atoms with van der Waals surface area (Å²) in [6.45, 7) is 3.68. The molecule has 3 aromatic heterocycles. The van der Waals surface area contributed by atoms with E-state index in [0.29, 0.717) is 28.9 Å². The van der Waals surface area contributed by atoms with Crippen molar-refractivity contribution in [2.45, 2.75) is 26.5 Å². The number of aromatic nitrogens is 5. The summed E-state index contributed by atoms with van der Waals surface area (Å²) in [7, 11) is 0. The Hall–Kier alpha value is -3.75. The van der Waals surface area contributed by atoms with Gasteiger partial charge < -0.3 is 14.6 Å². The van der Waals surface area contributed by atoms with E-state index < -0.39 is 6.10 Å². The van der Waals surface area contributed by atoms with Gasteiger partial charge in [0.2, 0.25) is 0 Å². The van der Waals surface area contributed by atoms with E-state index in [2.05, 4.69) is 25.7 Å². The molecule has 0 saturated heterocycles. The Balaban J connectivity index is 1.42. The lowest BCUT2D eigenvalue weighted by Gasteiger charge is -2.14. The van der Waals surface area contributed by atoms with Gasteiger partial charge in [0.1, 0.15) is 5.75 Å². The number of para-hydroxylation sites is 1. The first-order valence-corrected chi connectivity index (χ1v) is 8.74. The number of rotatable bonds is 6. The monoisotopic (exact) mass is 378 g/mol. The van der Waals surface area contributed by atoms with Crippen LogP contribution < -0.4 is 10.1 Å². The van der Waals surface area contributed by atoms with Crippen LogP contribution in [0.5, 0.6) is 5.75 Å². The smallest absolute Gasteiger partial charge is 0.261 e. The van der Waals surface area contributed by atoms with Gasteiger partial charge in [-0.1, -0.05) is 23.4 Å². The number of nitrogens with zero attached hydrogens (tertiary/aromatic N) is 5. The van der Waals surface area contributed by atoms with Crippen LogP contribution in [0.2, 0.25) is 0 Å². The molecule has 3 heterocycles. The molecule has 1 unspecified atom stereocenters. The van der Waals surface area contributed by atoms with Crippen LogP contribution in [0.3, 0.4) is 0 Å². The van der Waals surface area contributed by atoms with Crippen molar-refractivity contribution in [2.75, 3.05) is 0 Å². The van der Waals surface area contributed by atoms with Crippen molar-refractivity contribution in [1.29, 1.82) is 0 Å². The minimum Gasteiger partial charge on any atom is -0.481 e. The lowest BCUT2D eigenvalue weighted by atomic mass is 10.2. The molecule has 1 aromatic carbocycles. The average molecular weight is 378 g/mol. The largest absolute Gasteiger partial charge is 0.481 e. The highest BCUT2D eigenvalue weighted by molar-refractivity contribution is 5.80. The highest BCUT2D eigenvalue weighted by atomic mass is 16.5. The van der Waals surface area contributed by atoms with E-state index in [-0.39, 0.29) is 12.5 Å². The molecule has 1 atom stereocenters. The quantitative estimate of drug-likeness (QED) is 0.548. The second-order valence-corrected chi connectivity index (χ2v) is 6.20. The number of benzene rings is 1. The topological polar surface area (TPSA) is 107 Å². The van der Waals surface area contributed by atoms with Crippen molar-refractivity contribution in [3.05, 3.63) is 60.3 Å². The van der Waals surface area contributed by atoms with Crippen LogP contribution in [-0.2, 0) is 11.3 Å². The molecule has 1 amide bonds. The fraction of sp³-hybridized carbons (Fsp3) is 0.211. The SMILES string of the molecule is Cc1noc(-c2ccn3c(CNC(=O)C(C)Oc4ccccc4)nnc3c2)n1. The molecule has 0 radical (unpaired) electrons. The van der Waals surface area contributed by atoms with Crippen LogP contribution in [0.15, 0.2) is 53.2 Å². The van der Waals surface area contributed by atoms with E-state index in [4.69, 9.17) is 9.26 Å². The zero-order valence-corrected chi connectivity index (χ0v) is 15.4. The number of pyridine rings is 1. The van der Waals surface area contributed by atoms with Crippen LogP contribution in [0.1, 0.15) is 18.6 Å². The van der Waals surface area contributed by atoms with Crippen LogP contribution in [0, 0.1) is 6.92 Å². The zero-order valence-electron chi connectivity index (χ0n) is 15.4. The Morgan fingerprint density at radius 2 is 2.07 bits per heavy atom. The molecule has 4 aromatic rings. The number of hydrogen-bond acceptors (Lipinski definition) is 7.